The third-order valence-electron chi connectivity index (χ3n) is 4.22. The number of hydrogen-bond donors (Lipinski definition) is 1. The summed E-state index contributed by atoms with van der Waals surface area (Å²) in [5, 5.41) is 5.15. The van der Waals surface area contributed by atoms with Crippen LogP contribution in [0.25, 0.3) is 0 Å². The van der Waals surface area contributed by atoms with E-state index in [1.54, 1.807) is 42.5 Å². The van der Waals surface area contributed by atoms with Crippen molar-refractivity contribution in [2.75, 3.05) is 45.9 Å². The number of carbonyl (C=O) groups excluding carboxylic acids is 2. The van der Waals surface area contributed by atoms with Gasteiger partial charge in [0.15, 0.2) is 5.69 Å². The number of anilines is 1. The van der Waals surface area contributed by atoms with E-state index in [-0.39, 0.29) is 24.9 Å². The minimum Gasteiger partial charge on any atom is -0.497 e. The lowest BCUT2D eigenvalue weighted by molar-refractivity contribution is 0.0520. The van der Waals surface area contributed by atoms with E-state index in [0.29, 0.717) is 48.4 Å². The van der Waals surface area contributed by atoms with Crippen LogP contribution in [0, 0.1) is 0 Å². The van der Waals surface area contributed by atoms with Crippen molar-refractivity contribution in [3.63, 3.8) is 0 Å². The number of nitrogens with zero attached hydrogens (tertiary/aromatic N) is 2. The number of hydrogen-bond acceptors (Lipinski definition) is 8. The molecule has 0 atom stereocenters. The highest BCUT2D eigenvalue weighted by atomic mass is 32.1. The Balaban J connectivity index is 2.13. The molecule has 2 aromatic rings. The first-order valence-electron chi connectivity index (χ1n) is 9.99. The number of benzene rings is 1. The van der Waals surface area contributed by atoms with Gasteiger partial charge in [-0.05, 0) is 32.4 Å². The van der Waals surface area contributed by atoms with Crippen LogP contribution in [0.15, 0.2) is 23.6 Å². The number of aromatic nitrogens is 1. The quantitative estimate of drug-likeness (QED) is 0.387. The van der Waals surface area contributed by atoms with Gasteiger partial charge in [-0.15, -0.1) is 11.3 Å². The van der Waals surface area contributed by atoms with Crippen LogP contribution in [-0.2, 0) is 16.0 Å². The lowest BCUT2D eigenvalue weighted by Crippen LogP contribution is -2.35. The Morgan fingerprint density at radius 3 is 2.65 bits per heavy atom. The van der Waals surface area contributed by atoms with Crippen LogP contribution in [0.4, 0.5) is 10.5 Å². The smallest absolute Gasteiger partial charge is 0.357 e. The van der Waals surface area contributed by atoms with Gasteiger partial charge in [-0.3, -0.25) is 0 Å². The van der Waals surface area contributed by atoms with Crippen LogP contribution in [0.3, 0.4) is 0 Å². The van der Waals surface area contributed by atoms with Gasteiger partial charge in [0.05, 0.1) is 33.1 Å². The zero-order valence-corrected chi connectivity index (χ0v) is 19.1. The summed E-state index contributed by atoms with van der Waals surface area (Å²) in [6, 6.07) is 4.84. The van der Waals surface area contributed by atoms with E-state index in [9.17, 15) is 9.59 Å². The van der Waals surface area contributed by atoms with Crippen molar-refractivity contribution in [3.05, 3.63) is 34.3 Å². The summed E-state index contributed by atoms with van der Waals surface area (Å²) in [5.74, 6) is 0.638. The molecule has 1 aromatic heterocycles. The number of methoxy groups -OCH3 is 2. The molecule has 0 saturated heterocycles. The number of urea groups is 1. The molecule has 1 N–H and O–H groups in total. The second kappa shape index (κ2) is 12.8. The summed E-state index contributed by atoms with van der Waals surface area (Å²) >= 11 is 1.31. The summed E-state index contributed by atoms with van der Waals surface area (Å²) in [7, 11) is 3.09. The molecule has 170 valence electrons. The number of esters is 1. The van der Waals surface area contributed by atoms with Crippen LogP contribution in [0.2, 0.25) is 0 Å². The molecule has 1 aromatic carbocycles. The first-order valence-corrected chi connectivity index (χ1v) is 10.9. The van der Waals surface area contributed by atoms with E-state index >= 15 is 0 Å². The monoisotopic (exact) mass is 451 g/mol. The molecule has 2 amide bonds. The van der Waals surface area contributed by atoms with Gasteiger partial charge < -0.3 is 29.2 Å². The molecule has 0 unspecified atom stereocenters. The largest absolute Gasteiger partial charge is 0.497 e. The average Bonchev–Trinajstić information content (AvgIpc) is 3.25. The van der Waals surface area contributed by atoms with E-state index < -0.39 is 5.97 Å². The van der Waals surface area contributed by atoms with Gasteiger partial charge in [0.2, 0.25) is 0 Å². The first-order chi connectivity index (χ1) is 15.0. The molecule has 0 aliphatic rings. The van der Waals surface area contributed by atoms with E-state index in [0.717, 1.165) is 0 Å². The fourth-order valence-electron chi connectivity index (χ4n) is 2.70. The molecule has 0 saturated carbocycles. The van der Waals surface area contributed by atoms with Crippen LogP contribution < -0.4 is 14.8 Å². The van der Waals surface area contributed by atoms with Gasteiger partial charge in [0.1, 0.15) is 16.5 Å². The van der Waals surface area contributed by atoms with Gasteiger partial charge in [-0.25, -0.2) is 14.6 Å². The highest BCUT2D eigenvalue weighted by molar-refractivity contribution is 7.09. The summed E-state index contributed by atoms with van der Waals surface area (Å²) in [6.45, 7) is 5.80. The minimum absolute atomic E-state index is 0.244. The number of thiazole rings is 1. The third kappa shape index (κ3) is 7.41. The molecule has 10 heteroatoms. The van der Waals surface area contributed by atoms with Gasteiger partial charge in [0, 0.05) is 31.2 Å². The molecule has 0 radical (unpaired) electrons. The number of carbonyl (C=O) groups is 2. The Morgan fingerprint density at radius 1 is 1.16 bits per heavy atom. The summed E-state index contributed by atoms with van der Waals surface area (Å²) in [6.07, 6.45) is 0.664. The number of amides is 2. The lowest BCUT2D eigenvalue weighted by atomic mass is 10.2. The Morgan fingerprint density at radius 2 is 1.97 bits per heavy atom. The number of rotatable bonds is 12. The van der Waals surface area contributed by atoms with Crippen molar-refractivity contribution in [2.45, 2.75) is 26.8 Å². The Hall–Kier alpha value is -2.85. The standard InChI is InChI=1S/C21H29N3O6S/c1-5-29-11-7-10-24(13-19-22-17(14-31-19)20(25)30-6-2)21(26)23-16-9-8-15(27-3)12-18(16)28-4/h8-9,12,14H,5-7,10-11,13H2,1-4H3,(H,23,26). The normalized spacial score (nSPS) is 10.5. The van der Waals surface area contributed by atoms with E-state index in [1.807, 2.05) is 6.92 Å². The molecule has 1 heterocycles. The lowest BCUT2D eigenvalue weighted by Gasteiger charge is -2.23. The van der Waals surface area contributed by atoms with Crippen LogP contribution in [-0.4, -0.2) is 62.5 Å². The van der Waals surface area contributed by atoms with E-state index in [2.05, 4.69) is 10.3 Å². The minimum atomic E-state index is -0.472. The van der Waals surface area contributed by atoms with Crippen LogP contribution >= 0.6 is 11.3 Å². The molecule has 0 aliphatic heterocycles. The van der Waals surface area contributed by atoms with Gasteiger partial charge in [-0.2, -0.15) is 0 Å². The average molecular weight is 452 g/mol. The van der Waals surface area contributed by atoms with E-state index in [1.165, 1.54) is 18.4 Å². The summed E-state index contributed by atoms with van der Waals surface area (Å²) in [4.78, 5) is 30.8. The second-order valence-electron chi connectivity index (χ2n) is 6.32. The Labute approximate surface area is 186 Å². The molecule has 31 heavy (non-hydrogen) atoms. The maximum atomic E-state index is 13.0. The molecular weight excluding hydrogens is 422 g/mol. The second-order valence-corrected chi connectivity index (χ2v) is 7.26. The van der Waals surface area contributed by atoms with Crippen molar-refractivity contribution in [2.24, 2.45) is 0 Å². The summed E-state index contributed by atoms with van der Waals surface area (Å²) < 4.78 is 20.9. The maximum absolute atomic E-state index is 13.0. The van der Waals surface area contributed by atoms with Crippen LogP contribution in [0.5, 0.6) is 11.5 Å². The van der Waals surface area contributed by atoms with Gasteiger partial charge >= 0.3 is 12.0 Å². The zero-order chi connectivity index (χ0) is 22.6. The fourth-order valence-corrected chi connectivity index (χ4v) is 3.47. The SMILES string of the molecule is CCOCCCN(Cc1nc(C(=O)OCC)cs1)C(=O)Nc1ccc(OC)cc1OC. The van der Waals surface area contributed by atoms with Crippen LogP contribution in [0.1, 0.15) is 35.8 Å². The Kier molecular flexibility index (Phi) is 10.0. The third-order valence-corrected chi connectivity index (χ3v) is 5.05. The maximum Gasteiger partial charge on any atom is 0.357 e. The molecule has 9 nitrogen and oxygen atoms in total. The topological polar surface area (TPSA) is 99.2 Å². The first kappa shape index (κ1) is 24.4. The fraction of sp³-hybridized carbons (Fsp3) is 0.476. The van der Waals surface area contributed by atoms with Crippen molar-refractivity contribution < 1.29 is 28.5 Å². The predicted molar refractivity (Wildman–Crippen MR) is 118 cm³/mol. The van der Waals surface area contributed by atoms with Crippen molar-refractivity contribution in [3.8, 4) is 11.5 Å². The number of nitrogens with one attached hydrogen (secondary N) is 1. The Bertz CT molecular complexity index is 857. The van der Waals surface area contributed by atoms with Crippen molar-refractivity contribution in [1.29, 1.82) is 0 Å². The number of ether oxygens (including phenoxy) is 4. The highest BCUT2D eigenvalue weighted by Crippen LogP contribution is 2.29. The zero-order valence-electron chi connectivity index (χ0n) is 18.3. The molecule has 0 spiro atoms. The van der Waals surface area contributed by atoms with Crippen molar-refractivity contribution >= 4 is 29.0 Å². The van der Waals surface area contributed by atoms with Crippen molar-refractivity contribution in [1.82, 2.24) is 9.88 Å². The summed E-state index contributed by atoms with van der Waals surface area (Å²) in [5.41, 5.74) is 0.766. The van der Waals surface area contributed by atoms with Gasteiger partial charge in [0.25, 0.3) is 0 Å². The highest BCUT2D eigenvalue weighted by Gasteiger charge is 2.19. The predicted octanol–water partition coefficient (Wildman–Crippen LogP) is 3.80. The molecule has 0 fully saturated rings. The molecular formula is C21H29N3O6S. The molecule has 2 rings (SSSR count). The molecule has 0 aliphatic carbocycles. The van der Waals surface area contributed by atoms with Gasteiger partial charge in [-0.1, -0.05) is 0 Å². The van der Waals surface area contributed by atoms with E-state index in [4.69, 9.17) is 18.9 Å². The molecule has 0 bridgehead atoms.